The SMILES string of the molecule is CCOC(=O)n1c(=O)n(C)c2ccc(Cl)cc21. The van der Waals surface area contributed by atoms with Gasteiger partial charge in [0.05, 0.1) is 17.6 Å². The lowest BCUT2D eigenvalue weighted by Crippen LogP contribution is -2.28. The minimum absolute atomic E-state index is 0.211. The Balaban J connectivity index is 2.77. The Morgan fingerprint density at radius 3 is 2.76 bits per heavy atom. The highest BCUT2D eigenvalue weighted by Crippen LogP contribution is 2.18. The molecule has 0 N–H and O–H groups in total. The number of carbonyl (C=O) groups is 1. The van der Waals surface area contributed by atoms with Crippen molar-refractivity contribution < 1.29 is 9.53 Å². The van der Waals surface area contributed by atoms with Crippen molar-refractivity contribution in [3.05, 3.63) is 33.7 Å². The molecular weight excluding hydrogens is 244 g/mol. The second-order valence-electron chi connectivity index (χ2n) is 3.51. The van der Waals surface area contributed by atoms with Crippen molar-refractivity contribution in [3.63, 3.8) is 0 Å². The van der Waals surface area contributed by atoms with E-state index in [1.165, 1.54) is 4.57 Å². The summed E-state index contributed by atoms with van der Waals surface area (Å²) in [6.07, 6.45) is -0.689. The Morgan fingerprint density at radius 2 is 2.12 bits per heavy atom. The van der Waals surface area contributed by atoms with Crippen LogP contribution in [-0.2, 0) is 11.8 Å². The number of hydrogen-bond acceptors (Lipinski definition) is 3. The van der Waals surface area contributed by atoms with Gasteiger partial charge in [-0.1, -0.05) is 11.6 Å². The lowest BCUT2D eigenvalue weighted by molar-refractivity contribution is 0.154. The fraction of sp³-hybridized carbons (Fsp3) is 0.273. The lowest BCUT2D eigenvalue weighted by atomic mass is 10.3. The van der Waals surface area contributed by atoms with Gasteiger partial charge in [0.25, 0.3) is 0 Å². The van der Waals surface area contributed by atoms with E-state index < -0.39 is 11.8 Å². The van der Waals surface area contributed by atoms with Crippen molar-refractivity contribution in [2.45, 2.75) is 6.92 Å². The molecule has 0 saturated heterocycles. The van der Waals surface area contributed by atoms with Gasteiger partial charge in [-0.15, -0.1) is 0 Å². The van der Waals surface area contributed by atoms with E-state index in [1.807, 2.05) is 0 Å². The Hall–Kier alpha value is -1.75. The van der Waals surface area contributed by atoms with Gasteiger partial charge < -0.3 is 4.74 Å². The van der Waals surface area contributed by atoms with Crippen molar-refractivity contribution in [1.82, 2.24) is 9.13 Å². The van der Waals surface area contributed by atoms with Crippen LogP contribution < -0.4 is 5.69 Å². The van der Waals surface area contributed by atoms with Gasteiger partial charge in [0, 0.05) is 12.1 Å². The number of aryl methyl sites for hydroxylation is 1. The maximum Gasteiger partial charge on any atom is 0.422 e. The fourth-order valence-electron chi connectivity index (χ4n) is 1.68. The molecule has 0 fully saturated rings. The predicted octanol–water partition coefficient (Wildman–Crippen LogP) is 2.00. The summed E-state index contributed by atoms with van der Waals surface area (Å²) >= 11 is 5.86. The summed E-state index contributed by atoms with van der Waals surface area (Å²) in [6.45, 7) is 1.89. The summed E-state index contributed by atoms with van der Waals surface area (Å²) in [7, 11) is 1.59. The molecule has 0 bridgehead atoms. The number of ether oxygens (including phenoxy) is 1. The topological polar surface area (TPSA) is 53.2 Å². The van der Waals surface area contributed by atoms with Crippen molar-refractivity contribution >= 4 is 28.7 Å². The van der Waals surface area contributed by atoms with Crippen molar-refractivity contribution in [1.29, 1.82) is 0 Å². The zero-order valence-corrected chi connectivity index (χ0v) is 10.2. The maximum absolute atomic E-state index is 11.9. The van der Waals surface area contributed by atoms with E-state index in [1.54, 1.807) is 32.2 Å². The summed E-state index contributed by atoms with van der Waals surface area (Å²) in [5.74, 6) is 0. The third-order valence-electron chi connectivity index (χ3n) is 2.47. The second kappa shape index (κ2) is 4.25. The predicted molar refractivity (Wildman–Crippen MR) is 64.6 cm³/mol. The number of carbonyl (C=O) groups excluding carboxylic acids is 1. The van der Waals surface area contributed by atoms with E-state index >= 15 is 0 Å². The Bertz CT molecular complexity index is 642. The summed E-state index contributed by atoms with van der Waals surface area (Å²) in [5.41, 5.74) is 0.636. The van der Waals surface area contributed by atoms with Crippen LogP contribution in [0.2, 0.25) is 5.02 Å². The quantitative estimate of drug-likeness (QED) is 0.782. The molecule has 0 radical (unpaired) electrons. The molecule has 0 unspecified atom stereocenters. The van der Waals surface area contributed by atoms with Crippen molar-refractivity contribution in [2.75, 3.05) is 6.61 Å². The molecule has 0 saturated carbocycles. The largest absolute Gasteiger partial charge is 0.449 e. The van der Waals surface area contributed by atoms with Crippen LogP contribution in [0.1, 0.15) is 6.92 Å². The molecular formula is C11H11ClN2O3. The highest BCUT2D eigenvalue weighted by Gasteiger charge is 2.17. The third kappa shape index (κ3) is 1.82. The van der Waals surface area contributed by atoms with Gasteiger partial charge in [0.15, 0.2) is 0 Å². The van der Waals surface area contributed by atoms with Crippen molar-refractivity contribution in [3.8, 4) is 0 Å². The summed E-state index contributed by atoms with van der Waals surface area (Å²) in [4.78, 5) is 23.6. The molecule has 6 heteroatoms. The normalized spacial score (nSPS) is 10.8. The summed E-state index contributed by atoms with van der Waals surface area (Å²) in [5, 5.41) is 0.459. The first kappa shape index (κ1) is 11.7. The minimum atomic E-state index is -0.689. The van der Waals surface area contributed by atoms with E-state index in [4.69, 9.17) is 16.3 Å². The molecule has 0 amide bonds. The number of fused-ring (bicyclic) bond motifs is 1. The molecule has 17 heavy (non-hydrogen) atoms. The van der Waals surface area contributed by atoms with Gasteiger partial charge in [0.1, 0.15) is 0 Å². The Kier molecular flexibility index (Phi) is 2.93. The van der Waals surface area contributed by atoms with Crippen LogP contribution in [0.25, 0.3) is 11.0 Å². The van der Waals surface area contributed by atoms with Crippen LogP contribution in [0.3, 0.4) is 0 Å². The highest BCUT2D eigenvalue weighted by atomic mass is 35.5. The van der Waals surface area contributed by atoms with Crippen LogP contribution in [0.15, 0.2) is 23.0 Å². The van der Waals surface area contributed by atoms with Gasteiger partial charge in [0.2, 0.25) is 0 Å². The number of hydrogen-bond donors (Lipinski definition) is 0. The van der Waals surface area contributed by atoms with Gasteiger partial charge in [-0.25, -0.2) is 9.59 Å². The molecule has 0 atom stereocenters. The number of halogens is 1. The monoisotopic (exact) mass is 254 g/mol. The van der Waals surface area contributed by atoms with Crippen LogP contribution >= 0.6 is 11.6 Å². The van der Waals surface area contributed by atoms with Crippen LogP contribution in [0.5, 0.6) is 0 Å². The molecule has 1 heterocycles. The first-order chi connectivity index (χ1) is 8.06. The fourth-order valence-corrected chi connectivity index (χ4v) is 1.85. The maximum atomic E-state index is 11.9. The average Bonchev–Trinajstić information content (AvgIpc) is 2.51. The summed E-state index contributed by atoms with van der Waals surface area (Å²) < 4.78 is 7.19. The third-order valence-corrected chi connectivity index (χ3v) is 2.70. The van der Waals surface area contributed by atoms with Crippen LogP contribution in [-0.4, -0.2) is 21.8 Å². The molecule has 0 aliphatic heterocycles. The van der Waals surface area contributed by atoms with Crippen molar-refractivity contribution in [2.24, 2.45) is 7.05 Å². The number of benzene rings is 1. The summed E-state index contributed by atoms with van der Waals surface area (Å²) in [6, 6.07) is 4.92. The standard InChI is InChI=1S/C11H11ClN2O3/c1-3-17-11(16)14-9-6-7(12)4-5-8(9)13(2)10(14)15/h4-6H,3H2,1-2H3. The lowest BCUT2D eigenvalue weighted by Gasteiger charge is -2.01. The van der Waals surface area contributed by atoms with Gasteiger partial charge in [-0.2, -0.15) is 4.57 Å². The molecule has 5 nitrogen and oxygen atoms in total. The number of aromatic nitrogens is 2. The first-order valence-electron chi connectivity index (χ1n) is 5.10. The number of imidazole rings is 1. The van der Waals surface area contributed by atoms with E-state index in [2.05, 4.69) is 0 Å². The number of rotatable bonds is 1. The van der Waals surface area contributed by atoms with E-state index in [0.717, 1.165) is 4.57 Å². The molecule has 90 valence electrons. The van der Waals surface area contributed by atoms with Gasteiger partial charge >= 0.3 is 11.8 Å². The molecule has 2 rings (SSSR count). The zero-order chi connectivity index (χ0) is 12.6. The van der Waals surface area contributed by atoms with Crippen LogP contribution in [0.4, 0.5) is 4.79 Å². The molecule has 0 aliphatic carbocycles. The molecule has 1 aromatic heterocycles. The highest BCUT2D eigenvalue weighted by molar-refractivity contribution is 6.31. The van der Waals surface area contributed by atoms with Gasteiger partial charge in [-0.05, 0) is 25.1 Å². The molecule has 0 aliphatic rings. The van der Waals surface area contributed by atoms with E-state index in [0.29, 0.717) is 16.1 Å². The second-order valence-corrected chi connectivity index (χ2v) is 3.95. The number of nitrogens with zero attached hydrogens (tertiary/aromatic N) is 2. The average molecular weight is 255 g/mol. The first-order valence-corrected chi connectivity index (χ1v) is 5.48. The Labute approximate surface area is 102 Å². The zero-order valence-electron chi connectivity index (χ0n) is 9.44. The smallest absolute Gasteiger partial charge is 0.422 e. The van der Waals surface area contributed by atoms with E-state index in [9.17, 15) is 9.59 Å². The van der Waals surface area contributed by atoms with E-state index in [-0.39, 0.29) is 6.61 Å². The molecule has 2 aromatic rings. The van der Waals surface area contributed by atoms with Gasteiger partial charge in [-0.3, -0.25) is 4.57 Å². The molecule has 0 spiro atoms. The minimum Gasteiger partial charge on any atom is -0.449 e. The van der Waals surface area contributed by atoms with Crippen LogP contribution in [0, 0.1) is 0 Å². The Morgan fingerprint density at radius 1 is 1.41 bits per heavy atom. The molecule has 1 aromatic carbocycles.